The number of rotatable bonds is 11. The second kappa shape index (κ2) is 9.58. The van der Waals surface area contributed by atoms with Crippen LogP contribution in [0.1, 0.15) is 31.9 Å². The molecule has 0 fully saturated rings. The van der Waals surface area contributed by atoms with Gasteiger partial charge < -0.3 is 14.5 Å². The lowest BCUT2D eigenvalue weighted by Crippen LogP contribution is -2.24. The Morgan fingerprint density at radius 2 is 2.10 bits per heavy atom. The molecule has 1 heterocycles. The zero-order chi connectivity index (χ0) is 15.7. The van der Waals surface area contributed by atoms with Gasteiger partial charge in [-0.15, -0.1) is 0 Å². The number of hydrogen-bond donors (Lipinski definition) is 2. The van der Waals surface area contributed by atoms with Gasteiger partial charge in [-0.3, -0.25) is 0 Å². The van der Waals surface area contributed by atoms with Crippen LogP contribution in [0.5, 0.6) is 0 Å². The lowest BCUT2D eigenvalue weighted by molar-refractivity contribution is 0.192. The predicted molar refractivity (Wildman–Crippen MR) is 84.7 cm³/mol. The maximum absolute atomic E-state index is 12.2. The molecule has 0 aliphatic carbocycles. The summed E-state index contributed by atoms with van der Waals surface area (Å²) in [6.45, 7) is 4.38. The van der Waals surface area contributed by atoms with E-state index in [0.717, 1.165) is 25.8 Å². The van der Waals surface area contributed by atoms with E-state index in [-0.39, 0.29) is 9.56 Å². The van der Waals surface area contributed by atoms with Crippen molar-refractivity contribution in [3.63, 3.8) is 0 Å². The summed E-state index contributed by atoms with van der Waals surface area (Å²) in [5, 5.41) is 3.09. The van der Waals surface area contributed by atoms with Crippen molar-refractivity contribution in [2.24, 2.45) is 0 Å². The van der Waals surface area contributed by atoms with Gasteiger partial charge in [-0.2, -0.15) is 0 Å². The lowest BCUT2D eigenvalue weighted by Gasteiger charge is -2.05. The predicted octanol–water partition coefficient (Wildman–Crippen LogP) is 2.25. The van der Waals surface area contributed by atoms with E-state index in [4.69, 9.17) is 9.15 Å². The van der Waals surface area contributed by atoms with Crippen molar-refractivity contribution < 1.29 is 17.6 Å². The molecule has 0 unspecified atom stereocenters. The first kappa shape index (κ1) is 18.6. The summed E-state index contributed by atoms with van der Waals surface area (Å²) >= 11 is 3.16. The molecule has 122 valence electrons. The van der Waals surface area contributed by atoms with E-state index in [1.165, 1.54) is 0 Å². The number of hydrogen-bond acceptors (Lipinski definition) is 5. The highest BCUT2D eigenvalue weighted by Crippen LogP contribution is 2.26. The summed E-state index contributed by atoms with van der Waals surface area (Å²) in [6.07, 6.45) is 2.64. The first-order valence-electron chi connectivity index (χ1n) is 6.98. The first-order valence-corrected chi connectivity index (χ1v) is 9.26. The summed E-state index contributed by atoms with van der Waals surface area (Å²) in [5.41, 5.74) is 0. The van der Waals surface area contributed by atoms with Crippen LogP contribution in [0.15, 0.2) is 20.0 Å². The van der Waals surface area contributed by atoms with Crippen LogP contribution in [0.4, 0.5) is 0 Å². The summed E-state index contributed by atoms with van der Waals surface area (Å²) in [6, 6.07) is 1.54. The summed E-state index contributed by atoms with van der Waals surface area (Å²) < 4.78 is 37.5. The van der Waals surface area contributed by atoms with Crippen molar-refractivity contribution in [2.75, 3.05) is 26.8 Å². The molecular formula is C13H23BrN2O4S. The molecule has 0 amide bonds. The van der Waals surface area contributed by atoms with Crippen molar-refractivity contribution in [1.82, 2.24) is 10.0 Å². The Morgan fingerprint density at radius 3 is 2.76 bits per heavy atom. The van der Waals surface area contributed by atoms with Gasteiger partial charge in [0.05, 0.1) is 6.54 Å². The molecule has 6 nitrogen and oxygen atoms in total. The highest BCUT2D eigenvalue weighted by Gasteiger charge is 2.21. The number of methoxy groups -OCH3 is 1. The van der Waals surface area contributed by atoms with Gasteiger partial charge in [-0.1, -0.05) is 6.92 Å². The quantitative estimate of drug-likeness (QED) is 0.573. The largest absolute Gasteiger partial charge is 0.452 e. The maximum Gasteiger partial charge on any atom is 0.244 e. The molecule has 0 aromatic carbocycles. The third kappa shape index (κ3) is 6.48. The Hall–Kier alpha value is -0.410. The number of sulfonamides is 1. The molecule has 0 saturated heterocycles. The number of ether oxygens (including phenoxy) is 1. The van der Waals surface area contributed by atoms with Crippen molar-refractivity contribution in [3.8, 4) is 0 Å². The van der Waals surface area contributed by atoms with Crippen LogP contribution in [0, 0.1) is 0 Å². The Labute approximate surface area is 134 Å². The molecule has 8 heteroatoms. The molecule has 0 saturated carbocycles. The molecule has 0 atom stereocenters. The normalized spacial score (nSPS) is 12.0. The smallest absolute Gasteiger partial charge is 0.244 e. The van der Waals surface area contributed by atoms with Crippen LogP contribution in [0.3, 0.4) is 0 Å². The molecule has 0 aliphatic rings. The summed E-state index contributed by atoms with van der Waals surface area (Å²) in [5.74, 6) is 0.587. The average molecular weight is 383 g/mol. The molecule has 21 heavy (non-hydrogen) atoms. The minimum absolute atomic E-state index is 0.146. The molecule has 0 bridgehead atoms. The zero-order valence-electron chi connectivity index (χ0n) is 12.4. The standard InChI is InChI=1S/C13H23BrN2O4S/c1-3-15-10-11-9-12(13(14)20-11)21(17,18)16-7-5-4-6-8-19-2/h9,15-16H,3-8,10H2,1-2H3. The number of unbranched alkanes of at least 4 members (excludes halogenated alkanes) is 2. The third-order valence-corrected chi connectivity index (χ3v) is 5.18. The van der Waals surface area contributed by atoms with Gasteiger partial charge in [0.2, 0.25) is 10.0 Å². The highest BCUT2D eigenvalue weighted by atomic mass is 79.9. The molecule has 1 aromatic heterocycles. The van der Waals surface area contributed by atoms with Crippen LogP contribution in [0.25, 0.3) is 0 Å². The summed E-state index contributed by atoms with van der Waals surface area (Å²) in [4.78, 5) is 0.146. The van der Waals surface area contributed by atoms with E-state index in [0.29, 0.717) is 25.5 Å². The van der Waals surface area contributed by atoms with Gasteiger partial charge in [0, 0.05) is 26.3 Å². The van der Waals surface area contributed by atoms with Crippen molar-refractivity contribution in [2.45, 2.75) is 37.6 Å². The molecule has 1 rings (SSSR count). The molecule has 1 aromatic rings. The fourth-order valence-electron chi connectivity index (χ4n) is 1.75. The fraction of sp³-hybridized carbons (Fsp3) is 0.692. The van der Waals surface area contributed by atoms with Gasteiger partial charge in [-0.05, 0) is 41.7 Å². The minimum atomic E-state index is -3.54. The monoisotopic (exact) mass is 382 g/mol. The zero-order valence-corrected chi connectivity index (χ0v) is 14.8. The SMILES string of the molecule is CCNCc1cc(S(=O)(=O)NCCCCCOC)c(Br)o1. The molecule has 0 radical (unpaired) electrons. The molecule has 0 spiro atoms. The van der Waals surface area contributed by atoms with Gasteiger partial charge in [0.15, 0.2) is 4.67 Å². The number of furan rings is 1. The van der Waals surface area contributed by atoms with Crippen molar-refractivity contribution in [3.05, 3.63) is 16.5 Å². The van der Waals surface area contributed by atoms with Crippen LogP contribution in [-0.2, 0) is 21.3 Å². The molecule has 0 aliphatic heterocycles. The fourth-order valence-corrected chi connectivity index (χ4v) is 3.82. The van der Waals surface area contributed by atoms with Gasteiger partial charge in [-0.25, -0.2) is 13.1 Å². The van der Waals surface area contributed by atoms with Gasteiger partial charge in [0.25, 0.3) is 0 Å². The highest BCUT2D eigenvalue weighted by molar-refractivity contribution is 9.10. The van der Waals surface area contributed by atoms with E-state index < -0.39 is 10.0 Å². The molecular weight excluding hydrogens is 360 g/mol. The Morgan fingerprint density at radius 1 is 1.33 bits per heavy atom. The second-order valence-electron chi connectivity index (χ2n) is 4.58. The van der Waals surface area contributed by atoms with Crippen LogP contribution >= 0.6 is 15.9 Å². The Balaban J connectivity index is 2.51. The van der Waals surface area contributed by atoms with E-state index in [2.05, 4.69) is 26.0 Å². The van der Waals surface area contributed by atoms with Gasteiger partial charge >= 0.3 is 0 Å². The van der Waals surface area contributed by atoms with Crippen LogP contribution in [-0.4, -0.2) is 35.2 Å². The second-order valence-corrected chi connectivity index (χ2v) is 7.04. The van der Waals surface area contributed by atoms with E-state index >= 15 is 0 Å². The van der Waals surface area contributed by atoms with Crippen molar-refractivity contribution in [1.29, 1.82) is 0 Å². The first-order chi connectivity index (χ1) is 10.0. The van der Waals surface area contributed by atoms with Crippen LogP contribution < -0.4 is 10.0 Å². The maximum atomic E-state index is 12.2. The summed E-state index contributed by atoms with van der Waals surface area (Å²) in [7, 11) is -1.88. The topological polar surface area (TPSA) is 80.6 Å². The van der Waals surface area contributed by atoms with E-state index in [1.807, 2.05) is 6.92 Å². The number of halogens is 1. The van der Waals surface area contributed by atoms with Crippen LogP contribution in [0.2, 0.25) is 0 Å². The van der Waals surface area contributed by atoms with E-state index in [1.54, 1.807) is 13.2 Å². The molecule has 2 N–H and O–H groups in total. The Bertz CT molecular complexity index is 516. The lowest BCUT2D eigenvalue weighted by atomic mass is 10.2. The average Bonchev–Trinajstić information content (AvgIpc) is 2.82. The van der Waals surface area contributed by atoms with Crippen molar-refractivity contribution >= 4 is 26.0 Å². The minimum Gasteiger partial charge on any atom is -0.452 e. The third-order valence-electron chi connectivity index (χ3n) is 2.86. The van der Waals surface area contributed by atoms with E-state index in [9.17, 15) is 8.42 Å². The van der Waals surface area contributed by atoms with Gasteiger partial charge in [0.1, 0.15) is 10.7 Å². The number of nitrogens with one attached hydrogen (secondary N) is 2. The Kier molecular flexibility index (Phi) is 8.50.